The zero-order chi connectivity index (χ0) is 18.4. The van der Waals surface area contributed by atoms with Crippen LogP contribution >= 0.6 is 0 Å². The number of aliphatic imine (C=N–C) groups is 1. The Morgan fingerprint density at radius 1 is 1.04 bits per heavy atom. The monoisotopic (exact) mass is 349 g/mol. The van der Waals surface area contributed by atoms with Gasteiger partial charge in [-0.15, -0.1) is 6.58 Å². The van der Waals surface area contributed by atoms with Gasteiger partial charge in [0.1, 0.15) is 11.3 Å². The van der Waals surface area contributed by atoms with E-state index in [1.54, 1.807) is 0 Å². The number of nitrogens with zero attached hydrogens (tertiary/aromatic N) is 1. The van der Waals surface area contributed by atoms with Gasteiger partial charge in [-0.25, -0.2) is 31.7 Å². The molecule has 0 bridgehead atoms. The van der Waals surface area contributed by atoms with Crippen LogP contribution in [0.2, 0.25) is 0 Å². The number of ether oxygens (including phenoxy) is 1. The number of hydrogen-bond acceptors (Lipinski definition) is 3. The van der Waals surface area contributed by atoms with Crippen molar-refractivity contribution in [2.24, 2.45) is 4.99 Å². The van der Waals surface area contributed by atoms with Gasteiger partial charge < -0.3 is 4.74 Å². The largest absolute Gasteiger partial charge is 0.462 e. The maximum Gasteiger partial charge on any atom is 0.352 e. The second-order valence-electron chi connectivity index (χ2n) is 4.36. The molecule has 24 heavy (non-hydrogen) atoms. The van der Waals surface area contributed by atoms with Crippen LogP contribution in [0.3, 0.4) is 0 Å². The Balaban J connectivity index is 3.38. The third-order valence-electron chi connectivity index (χ3n) is 2.76. The first-order valence-electron chi connectivity index (χ1n) is 6.67. The summed E-state index contributed by atoms with van der Waals surface area (Å²) in [5.41, 5.74) is -2.27. The van der Waals surface area contributed by atoms with Crippen molar-refractivity contribution in [2.45, 2.75) is 19.8 Å². The summed E-state index contributed by atoms with van der Waals surface area (Å²) in [6, 6.07) is 0. The predicted molar refractivity (Wildman–Crippen MR) is 74.1 cm³/mol. The highest BCUT2D eigenvalue weighted by atomic mass is 19.2. The average Bonchev–Trinajstić information content (AvgIpc) is 2.55. The van der Waals surface area contributed by atoms with Crippen molar-refractivity contribution in [3.05, 3.63) is 47.3 Å². The van der Waals surface area contributed by atoms with Crippen molar-refractivity contribution in [3.63, 3.8) is 0 Å². The van der Waals surface area contributed by atoms with E-state index in [4.69, 9.17) is 0 Å². The molecule has 0 unspecified atom stereocenters. The smallest absolute Gasteiger partial charge is 0.352 e. The molecule has 0 atom stereocenters. The second kappa shape index (κ2) is 8.32. The number of rotatable bonds is 6. The minimum Gasteiger partial charge on any atom is -0.462 e. The van der Waals surface area contributed by atoms with Crippen molar-refractivity contribution in [2.75, 3.05) is 6.61 Å². The summed E-state index contributed by atoms with van der Waals surface area (Å²) in [5.74, 6) is -14.4. The van der Waals surface area contributed by atoms with Gasteiger partial charge in [-0.3, -0.25) is 4.79 Å². The van der Waals surface area contributed by atoms with Gasteiger partial charge in [-0.2, -0.15) is 0 Å². The molecule has 1 rings (SSSR count). The summed E-state index contributed by atoms with van der Waals surface area (Å²) in [6.07, 6.45) is 1.38. The van der Waals surface area contributed by atoms with E-state index in [0.717, 1.165) is 0 Å². The van der Waals surface area contributed by atoms with Crippen molar-refractivity contribution < 1.29 is 36.3 Å². The summed E-state index contributed by atoms with van der Waals surface area (Å²) in [7, 11) is 0. The fraction of sp³-hybridized carbons (Fsp3) is 0.267. The number of carbonyl (C=O) groups is 2. The van der Waals surface area contributed by atoms with Crippen molar-refractivity contribution in [1.82, 2.24) is 0 Å². The molecule has 0 saturated carbocycles. The molecular weight excluding hydrogens is 337 g/mol. The summed E-state index contributed by atoms with van der Waals surface area (Å²) >= 11 is 0. The lowest BCUT2D eigenvalue weighted by Gasteiger charge is -2.07. The molecule has 9 heteroatoms. The average molecular weight is 349 g/mol. The minimum atomic E-state index is -2.40. The normalized spacial score (nSPS) is 11.3. The van der Waals surface area contributed by atoms with Crippen LogP contribution in [-0.4, -0.2) is 24.2 Å². The van der Waals surface area contributed by atoms with Gasteiger partial charge in [0.05, 0.1) is 6.61 Å². The number of benzene rings is 1. The van der Waals surface area contributed by atoms with Crippen LogP contribution in [0.5, 0.6) is 0 Å². The van der Waals surface area contributed by atoms with Crippen LogP contribution in [-0.2, 0) is 9.53 Å². The van der Waals surface area contributed by atoms with Crippen molar-refractivity contribution in [1.29, 1.82) is 0 Å². The molecule has 0 radical (unpaired) electrons. The van der Waals surface area contributed by atoms with Gasteiger partial charge in [-0.05, 0) is 13.3 Å². The number of esters is 1. The zero-order valence-corrected chi connectivity index (χ0v) is 12.5. The molecule has 0 aliphatic carbocycles. The number of amides is 1. The molecule has 0 fully saturated rings. The Hall–Kier alpha value is -2.58. The molecule has 0 aromatic heterocycles. The van der Waals surface area contributed by atoms with Gasteiger partial charge in [0, 0.05) is 6.42 Å². The third-order valence-corrected chi connectivity index (χ3v) is 2.76. The molecule has 130 valence electrons. The second-order valence-corrected chi connectivity index (χ2v) is 4.36. The van der Waals surface area contributed by atoms with E-state index in [-0.39, 0.29) is 19.4 Å². The van der Waals surface area contributed by atoms with Crippen LogP contribution in [0, 0.1) is 29.1 Å². The van der Waals surface area contributed by atoms with E-state index in [2.05, 4.69) is 16.3 Å². The summed E-state index contributed by atoms with van der Waals surface area (Å²) in [6.45, 7) is 4.78. The molecule has 0 spiro atoms. The Bertz CT molecular complexity index is 687. The molecular formula is C15H12F5NO3. The summed E-state index contributed by atoms with van der Waals surface area (Å²) in [5, 5.41) is 0. The van der Waals surface area contributed by atoms with Gasteiger partial charge in [-0.1, -0.05) is 6.08 Å². The fourth-order valence-corrected chi connectivity index (χ4v) is 1.63. The van der Waals surface area contributed by atoms with E-state index in [1.165, 1.54) is 13.0 Å². The van der Waals surface area contributed by atoms with Gasteiger partial charge in [0.2, 0.25) is 5.82 Å². The van der Waals surface area contributed by atoms with E-state index >= 15 is 0 Å². The highest BCUT2D eigenvalue weighted by molar-refractivity contribution is 6.38. The molecule has 1 aromatic rings. The Kier molecular flexibility index (Phi) is 6.75. The maximum atomic E-state index is 13.6. The van der Waals surface area contributed by atoms with Crippen molar-refractivity contribution >= 4 is 17.6 Å². The number of allylic oxidation sites excluding steroid dienone is 1. The Labute approximate surface area is 133 Å². The molecule has 4 nitrogen and oxygen atoms in total. The highest BCUT2D eigenvalue weighted by Gasteiger charge is 2.30. The zero-order valence-electron chi connectivity index (χ0n) is 12.5. The van der Waals surface area contributed by atoms with Crippen LogP contribution in [0.15, 0.2) is 17.6 Å². The van der Waals surface area contributed by atoms with Crippen LogP contribution in [0.25, 0.3) is 0 Å². The first-order chi connectivity index (χ1) is 11.3. The minimum absolute atomic E-state index is 0.0668. The van der Waals surface area contributed by atoms with Crippen molar-refractivity contribution in [3.8, 4) is 0 Å². The van der Waals surface area contributed by atoms with Gasteiger partial charge >= 0.3 is 5.97 Å². The number of halogens is 5. The topological polar surface area (TPSA) is 55.7 Å². The third kappa shape index (κ3) is 4.03. The lowest BCUT2D eigenvalue weighted by molar-refractivity contribution is -0.135. The lowest BCUT2D eigenvalue weighted by Crippen LogP contribution is -2.20. The summed E-state index contributed by atoms with van der Waals surface area (Å²) in [4.78, 5) is 26.6. The fourth-order valence-electron chi connectivity index (χ4n) is 1.63. The van der Waals surface area contributed by atoms with Crippen LogP contribution < -0.4 is 0 Å². The Morgan fingerprint density at radius 3 is 2.00 bits per heavy atom. The molecule has 0 aliphatic heterocycles. The SMILES string of the molecule is C=CCCC(=NC(=O)c1c(F)c(F)c(F)c(F)c1F)C(=O)OCC. The summed E-state index contributed by atoms with van der Waals surface area (Å²) < 4.78 is 70.9. The number of carbonyl (C=O) groups excluding carboxylic acids is 2. The molecule has 1 aromatic carbocycles. The van der Waals surface area contributed by atoms with Crippen LogP contribution in [0.4, 0.5) is 22.0 Å². The first kappa shape index (κ1) is 19.5. The molecule has 1 amide bonds. The number of hydrogen-bond donors (Lipinski definition) is 0. The molecule has 0 saturated heterocycles. The molecule has 0 N–H and O–H groups in total. The van der Waals surface area contributed by atoms with E-state index in [1.807, 2.05) is 0 Å². The van der Waals surface area contributed by atoms with E-state index in [9.17, 15) is 31.5 Å². The highest BCUT2D eigenvalue weighted by Crippen LogP contribution is 2.23. The standard InChI is InChI=1S/C15H12F5NO3/c1-3-5-6-7(15(23)24-4-2)21-14(22)8-9(16)11(18)13(20)12(19)10(8)17/h3H,1,4-6H2,2H3. The Morgan fingerprint density at radius 2 is 1.54 bits per heavy atom. The first-order valence-corrected chi connectivity index (χ1v) is 6.67. The predicted octanol–water partition coefficient (Wildman–Crippen LogP) is 3.49. The quantitative estimate of drug-likeness (QED) is 0.197. The van der Waals surface area contributed by atoms with Crippen LogP contribution in [0.1, 0.15) is 30.1 Å². The molecule has 0 heterocycles. The lowest BCUT2D eigenvalue weighted by atomic mass is 10.1. The van der Waals surface area contributed by atoms with Gasteiger partial charge in [0.25, 0.3) is 5.91 Å². The maximum absolute atomic E-state index is 13.6. The van der Waals surface area contributed by atoms with E-state index in [0.29, 0.717) is 0 Å². The van der Waals surface area contributed by atoms with E-state index < -0.39 is 52.2 Å². The molecule has 0 aliphatic rings. The van der Waals surface area contributed by atoms with Gasteiger partial charge in [0.15, 0.2) is 23.3 Å².